The average Bonchev–Trinajstić information content (AvgIpc) is 4.00. The summed E-state index contributed by atoms with van der Waals surface area (Å²) < 4.78 is 21.5. The van der Waals surface area contributed by atoms with E-state index in [1.165, 1.54) is 21.3 Å². The van der Waals surface area contributed by atoms with Crippen LogP contribution in [0.4, 0.5) is 9.59 Å². The number of fused-ring (bicyclic) bond motifs is 6. The second-order valence-corrected chi connectivity index (χ2v) is 17.0. The van der Waals surface area contributed by atoms with Gasteiger partial charge in [0.1, 0.15) is 36.1 Å². The lowest BCUT2D eigenvalue weighted by atomic mass is 9.92. The zero-order chi connectivity index (χ0) is 44.6. The summed E-state index contributed by atoms with van der Waals surface area (Å²) >= 11 is 0. The number of amidine groups is 1. The lowest BCUT2D eigenvalue weighted by molar-refractivity contribution is -0.138. The third-order valence-electron chi connectivity index (χ3n) is 12.5. The van der Waals surface area contributed by atoms with Crippen LogP contribution < -0.4 is 20.7 Å². The molecule has 4 aromatic rings. The number of amides is 4. The van der Waals surface area contributed by atoms with Gasteiger partial charge >= 0.3 is 12.2 Å². The van der Waals surface area contributed by atoms with E-state index in [1.807, 2.05) is 43.9 Å². The Balaban J connectivity index is 1.11. The van der Waals surface area contributed by atoms with Crippen LogP contribution in [0.15, 0.2) is 54.0 Å². The number of ether oxygens (including phenoxy) is 4. The summed E-state index contributed by atoms with van der Waals surface area (Å²) in [5, 5.41) is 10.7. The molecule has 4 heterocycles. The van der Waals surface area contributed by atoms with Crippen molar-refractivity contribution < 1.29 is 38.1 Å². The maximum absolute atomic E-state index is 14.0. The van der Waals surface area contributed by atoms with Crippen LogP contribution in [0.25, 0.3) is 38.6 Å². The number of hydrogen-bond donors (Lipinski definition) is 4. The molecule has 3 aromatic carbocycles. The molecule has 7 atom stereocenters. The van der Waals surface area contributed by atoms with Crippen LogP contribution >= 0.6 is 0 Å². The number of methoxy groups -OCH3 is 3. The van der Waals surface area contributed by atoms with Crippen LogP contribution in [-0.2, 0) is 30.4 Å². The molecule has 16 nitrogen and oxygen atoms in total. The average molecular weight is 851 g/mol. The first kappa shape index (κ1) is 43.9. The number of benzene rings is 3. The Kier molecular flexibility index (Phi) is 12.8. The maximum atomic E-state index is 14.0. The Morgan fingerprint density at radius 1 is 0.935 bits per heavy atom. The third-order valence-corrected chi connectivity index (χ3v) is 12.5. The number of aromatic amines is 1. The molecular weight excluding hydrogens is 793 g/mol. The summed E-state index contributed by atoms with van der Waals surface area (Å²) in [6.45, 7) is 14.8. The van der Waals surface area contributed by atoms with E-state index in [1.54, 1.807) is 18.9 Å². The zero-order valence-electron chi connectivity index (χ0n) is 37.0. The van der Waals surface area contributed by atoms with Crippen molar-refractivity contribution in [2.45, 2.75) is 96.8 Å². The Morgan fingerprint density at radius 2 is 1.66 bits per heavy atom. The highest BCUT2D eigenvalue weighted by atomic mass is 16.5. The molecule has 0 unspecified atom stereocenters. The van der Waals surface area contributed by atoms with Gasteiger partial charge in [0.25, 0.3) is 0 Å². The van der Waals surface area contributed by atoms with Crippen molar-refractivity contribution in [1.29, 1.82) is 0 Å². The van der Waals surface area contributed by atoms with Crippen LogP contribution in [-0.4, -0.2) is 115 Å². The van der Waals surface area contributed by atoms with Crippen molar-refractivity contribution in [3.8, 4) is 16.9 Å². The van der Waals surface area contributed by atoms with Crippen LogP contribution in [0.2, 0.25) is 0 Å². The lowest BCUT2D eigenvalue weighted by Gasteiger charge is -2.34. The first-order chi connectivity index (χ1) is 29.7. The Hall–Kier alpha value is -6.16. The van der Waals surface area contributed by atoms with E-state index in [0.717, 1.165) is 56.2 Å². The first-order valence-corrected chi connectivity index (χ1v) is 21.2. The van der Waals surface area contributed by atoms with E-state index in [9.17, 15) is 19.2 Å². The zero-order valence-corrected chi connectivity index (χ0v) is 37.0. The Labute approximate surface area is 361 Å². The molecule has 2 saturated heterocycles. The minimum Gasteiger partial charge on any atom is -0.488 e. The molecular formula is C46H58N8O8. The van der Waals surface area contributed by atoms with Gasteiger partial charge in [-0.15, -0.1) is 0 Å². The third kappa shape index (κ3) is 8.39. The first-order valence-electron chi connectivity index (χ1n) is 21.2. The fourth-order valence-corrected chi connectivity index (χ4v) is 9.08. The molecule has 0 bridgehead atoms. The fraction of sp³-hybridized carbons (Fsp3) is 0.478. The molecule has 0 saturated carbocycles. The number of H-pyrrole nitrogens is 1. The molecule has 16 heteroatoms. The van der Waals surface area contributed by atoms with Crippen LogP contribution in [0.5, 0.6) is 5.75 Å². The molecule has 62 heavy (non-hydrogen) atoms. The number of imidazole rings is 1. The number of aliphatic imine (C=N–C) groups is 1. The number of nitrogens with zero attached hydrogens (tertiary/aromatic N) is 4. The second kappa shape index (κ2) is 18.1. The summed E-state index contributed by atoms with van der Waals surface area (Å²) in [7, 11) is 5.74. The molecule has 3 aliphatic heterocycles. The molecule has 0 aliphatic carbocycles. The van der Waals surface area contributed by atoms with E-state index in [-0.39, 0.29) is 41.8 Å². The predicted octanol–water partition coefficient (Wildman–Crippen LogP) is 6.29. The summed E-state index contributed by atoms with van der Waals surface area (Å²) in [5.41, 5.74) is 6.12. The highest BCUT2D eigenvalue weighted by Crippen LogP contribution is 2.43. The van der Waals surface area contributed by atoms with Crippen molar-refractivity contribution in [3.63, 3.8) is 0 Å². The Morgan fingerprint density at radius 3 is 2.34 bits per heavy atom. The van der Waals surface area contributed by atoms with Crippen molar-refractivity contribution in [3.05, 3.63) is 66.0 Å². The number of alkyl carbamates (subject to hydrolysis) is 2. The van der Waals surface area contributed by atoms with Gasteiger partial charge in [0.2, 0.25) is 11.8 Å². The van der Waals surface area contributed by atoms with E-state index >= 15 is 0 Å². The van der Waals surface area contributed by atoms with Crippen LogP contribution in [0, 0.1) is 11.8 Å². The summed E-state index contributed by atoms with van der Waals surface area (Å²) in [6, 6.07) is 12.0. The minimum absolute atomic E-state index is 0.0538. The number of likely N-dealkylation sites (tertiary alicyclic amines) is 2. The number of rotatable bonds is 11. The summed E-state index contributed by atoms with van der Waals surface area (Å²) in [5.74, 6) is 1.64. The largest absolute Gasteiger partial charge is 0.488 e. The van der Waals surface area contributed by atoms with Crippen molar-refractivity contribution in [1.82, 2.24) is 35.7 Å². The molecule has 4 amide bonds. The van der Waals surface area contributed by atoms with E-state index in [0.29, 0.717) is 43.4 Å². The van der Waals surface area contributed by atoms with E-state index in [2.05, 4.69) is 63.7 Å². The van der Waals surface area contributed by atoms with Gasteiger partial charge in [-0.1, -0.05) is 45.5 Å². The van der Waals surface area contributed by atoms with Gasteiger partial charge in [-0.2, -0.15) is 0 Å². The molecule has 4 N–H and O–H groups in total. The molecule has 330 valence electrons. The number of carbonyl (C=O) groups is 4. The SMILES string of the molecule is C=C(NC(=NC)[C@@H]1CC[C@H](C)N1C(=O)[C@@H](NC(=O)OC)C(C)C)c1ccc2c(c1)COc1cc3c(ccc4[nH]c([C@@H]5C[C@H](C)CN5C(=O)[C@@H](NC(=O)OC)[C@@H](C)OC)nc43)cc1-2. The highest BCUT2D eigenvalue weighted by Gasteiger charge is 2.43. The van der Waals surface area contributed by atoms with Crippen molar-refractivity contribution in [2.75, 3.05) is 34.9 Å². The van der Waals surface area contributed by atoms with E-state index in [4.69, 9.17) is 23.9 Å². The van der Waals surface area contributed by atoms with Crippen molar-refractivity contribution >= 4 is 57.3 Å². The van der Waals surface area contributed by atoms with Crippen molar-refractivity contribution in [2.24, 2.45) is 16.8 Å². The number of hydrogen-bond acceptors (Lipinski definition) is 10. The summed E-state index contributed by atoms with van der Waals surface area (Å²) in [4.78, 5) is 69.0. The second-order valence-electron chi connectivity index (χ2n) is 17.0. The van der Waals surface area contributed by atoms with Crippen LogP contribution in [0.1, 0.15) is 76.9 Å². The number of aromatic nitrogens is 2. The molecule has 3 aliphatic rings. The topological polar surface area (TPSA) is 189 Å². The molecule has 7 rings (SSSR count). The van der Waals surface area contributed by atoms with Gasteiger partial charge in [0.15, 0.2) is 0 Å². The van der Waals surface area contributed by atoms with Gasteiger partial charge in [-0.05, 0) is 91.3 Å². The van der Waals surface area contributed by atoms with Gasteiger partial charge in [-0.25, -0.2) is 14.6 Å². The lowest BCUT2D eigenvalue weighted by Crippen LogP contribution is -2.56. The highest BCUT2D eigenvalue weighted by molar-refractivity contribution is 6.07. The predicted molar refractivity (Wildman–Crippen MR) is 236 cm³/mol. The Bertz CT molecular complexity index is 2430. The standard InChI is InChI=1S/C46H58N8O8/c1-23(2)38(51-45(57)60-9)44(56)54-25(4)11-16-35(54)41(47-7)48-26(5)28-12-14-31-30(18-28)22-62-37-20-32-29(19-33(31)37)13-15-34-40(32)50-42(49-34)36-17-24(3)21-53(36)43(55)39(27(6)59-8)52-46(58)61-10/h12-15,18-20,23-25,27,35-36,38-39H,5,11,16-17,21-22H2,1-4,6-10H3,(H,47,48)(H,49,50)(H,51,57)(H,52,58)/t24-,25-,27+,35-,36-,38-,39-/m0/s1. The molecule has 1 aromatic heterocycles. The number of nitrogens with one attached hydrogen (secondary N) is 4. The van der Waals surface area contributed by atoms with Gasteiger partial charge in [0, 0.05) is 43.4 Å². The van der Waals surface area contributed by atoms with Gasteiger partial charge in [0.05, 0.1) is 43.4 Å². The van der Waals surface area contributed by atoms with Gasteiger partial charge < -0.3 is 49.7 Å². The number of carbonyl (C=O) groups excluding carboxylic acids is 4. The molecule has 2 fully saturated rings. The molecule has 0 spiro atoms. The van der Waals surface area contributed by atoms with E-state index < -0.39 is 30.4 Å². The fourth-order valence-electron chi connectivity index (χ4n) is 9.08. The monoisotopic (exact) mass is 850 g/mol. The minimum atomic E-state index is -0.934. The maximum Gasteiger partial charge on any atom is 0.407 e. The smallest absolute Gasteiger partial charge is 0.407 e. The van der Waals surface area contributed by atoms with Crippen LogP contribution in [0.3, 0.4) is 0 Å². The normalized spacial score (nSPS) is 21.2. The quantitative estimate of drug-likeness (QED) is 0.0986. The van der Waals surface area contributed by atoms with Gasteiger partial charge in [-0.3, -0.25) is 14.6 Å². The summed E-state index contributed by atoms with van der Waals surface area (Å²) in [6.07, 6.45) is 0.261. The molecule has 0 radical (unpaired) electrons.